The van der Waals surface area contributed by atoms with Crippen LogP contribution < -0.4 is 5.32 Å². The molecule has 0 aliphatic heterocycles. The molecule has 1 heterocycles. The van der Waals surface area contributed by atoms with Crippen molar-refractivity contribution in [1.82, 2.24) is 0 Å². The van der Waals surface area contributed by atoms with E-state index in [1.807, 2.05) is 29.6 Å². The van der Waals surface area contributed by atoms with Gasteiger partial charge < -0.3 is 5.32 Å². The maximum Gasteiger partial charge on any atom is 0.0516 e. The molecular weight excluding hydrogens is 329 g/mol. The van der Waals surface area contributed by atoms with Crippen molar-refractivity contribution in [2.24, 2.45) is 0 Å². The minimum atomic E-state index is 0.719. The van der Waals surface area contributed by atoms with Crippen LogP contribution in [0, 0.1) is 0 Å². The molecule has 1 nitrogen and oxygen atoms in total. The summed E-state index contributed by atoms with van der Waals surface area (Å²) in [4.78, 5) is 1.20. The van der Waals surface area contributed by atoms with Crippen LogP contribution in [0.15, 0.2) is 34.1 Å². The lowest BCUT2D eigenvalue weighted by Crippen LogP contribution is -1.97. The van der Waals surface area contributed by atoms with Crippen molar-refractivity contribution in [2.75, 3.05) is 5.32 Å². The van der Waals surface area contributed by atoms with Crippen molar-refractivity contribution in [2.45, 2.75) is 6.54 Å². The number of benzene rings is 1. The van der Waals surface area contributed by atoms with E-state index in [1.54, 1.807) is 11.3 Å². The molecule has 0 bridgehead atoms. The van der Waals surface area contributed by atoms with Gasteiger partial charge in [0.2, 0.25) is 0 Å². The second kappa shape index (κ2) is 5.41. The van der Waals surface area contributed by atoms with E-state index in [-0.39, 0.29) is 0 Å². The fourth-order valence-electron chi connectivity index (χ4n) is 1.26. The number of hydrogen-bond donors (Lipinski definition) is 1. The molecule has 16 heavy (non-hydrogen) atoms. The van der Waals surface area contributed by atoms with Gasteiger partial charge in [-0.2, -0.15) is 0 Å². The van der Waals surface area contributed by atoms with Crippen LogP contribution in [0.1, 0.15) is 4.88 Å². The molecule has 1 N–H and O–H groups in total. The van der Waals surface area contributed by atoms with E-state index < -0.39 is 0 Å². The van der Waals surface area contributed by atoms with Crippen molar-refractivity contribution in [3.63, 3.8) is 0 Å². The number of thiophene rings is 1. The Morgan fingerprint density at radius 1 is 1.19 bits per heavy atom. The number of anilines is 1. The Morgan fingerprint density at radius 3 is 2.62 bits per heavy atom. The standard InChI is InChI=1S/C11H8BrCl2NS/c12-10-4-7(13)1-2-11(10)15-5-9-3-8(14)6-16-9/h1-4,6,15H,5H2. The van der Waals surface area contributed by atoms with Gasteiger partial charge in [0.1, 0.15) is 0 Å². The summed E-state index contributed by atoms with van der Waals surface area (Å²) >= 11 is 16.8. The van der Waals surface area contributed by atoms with Crippen LogP contribution in [0.5, 0.6) is 0 Å². The summed E-state index contributed by atoms with van der Waals surface area (Å²) in [5.74, 6) is 0. The van der Waals surface area contributed by atoms with Gasteiger partial charge in [-0.25, -0.2) is 0 Å². The predicted octanol–water partition coefficient (Wildman–Crippen LogP) is 5.43. The summed E-state index contributed by atoms with van der Waals surface area (Å²) in [5, 5.41) is 6.75. The highest BCUT2D eigenvalue weighted by Crippen LogP contribution is 2.27. The largest absolute Gasteiger partial charge is 0.379 e. The lowest BCUT2D eigenvalue weighted by atomic mass is 10.3. The van der Waals surface area contributed by atoms with Crippen LogP contribution in [-0.4, -0.2) is 0 Å². The van der Waals surface area contributed by atoms with Crippen LogP contribution in [0.25, 0.3) is 0 Å². The summed E-state index contributed by atoms with van der Waals surface area (Å²) in [6, 6.07) is 7.63. The first kappa shape index (κ1) is 12.2. The Kier molecular flexibility index (Phi) is 4.14. The number of hydrogen-bond acceptors (Lipinski definition) is 2. The SMILES string of the molecule is Clc1csc(CNc2ccc(Cl)cc2Br)c1. The highest BCUT2D eigenvalue weighted by atomic mass is 79.9. The van der Waals surface area contributed by atoms with Gasteiger partial charge in [-0.3, -0.25) is 0 Å². The molecule has 0 saturated heterocycles. The van der Waals surface area contributed by atoms with Crippen LogP contribution in [0.3, 0.4) is 0 Å². The molecule has 0 unspecified atom stereocenters. The third-order valence-corrected chi connectivity index (χ3v) is 4.18. The highest BCUT2D eigenvalue weighted by molar-refractivity contribution is 9.10. The number of nitrogens with one attached hydrogen (secondary N) is 1. The molecule has 0 aliphatic carbocycles. The van der Waals surface area contributed by atoms with Crippen molar-refractivity contribution < 1.29 is 0 Å². The maximum absolute atomic E-state index is 5.86. The fraction of sp³-hybridized carbons (Fsp3) is 0.0909. The van der Waals surface area contributed by atoms with Gasteiger partial charge in [0.25, 0.3) is 0 Å². The van der Waals surface area contributed by atoms with Gasteiger partial charge in [-0.15, -0.1) is 11.3 Å². The van der Waals surface area contributed by atoms with E-state index in [0.29, 0.717) is 0 Å². The molecule has 0 atom stereocenters. The molecule has 0 amide bonds. The fourth-order valence-corrected chi connectivity index (χ4v) is 3.10. The van der Waals surface area contributed by atoms with Gasteiger partial charge >= 0.3 is 0 Å². The van der Waals surface area contributed by atoms with E-state index in [2.05, 4.69) is 21.2 Å². The van der Waals surface area contributed by atoms with Crippen LogP contribution >= 0.6 is 50.5 Å². The normalized spacial score (nSPS) is 10.4. The number of halogens is 3. The summed E-state index contributed by atoms with van der Waals surface area (Å²) in [6.45, 7) is 0.762. The number of rotatable bonds is 3. The first-order valence-electron chi connectivity index (χ1n) is 4.57. The van der Waals surface area contributed by atoms with Gasteiger partial charge in [-0.1, -0.05) is 23.2 Å². The zero-order valence-corrected chi connectivity index (χ0v) is 12.1. The minimum Gasteiger partial charge on any atom is -0.379 e. The molecule has 2 aromatic rings. The van der Waals surface area contributed by atoms with Gasteiger partial charge in [0.05, 0.1) is 5.02 Å². The zero-order valence-electron chi connectivity index (χ0n) is 8.14. The van der Waals surface area contributed by atoms with Crippen molar-refractivity contribution in [1.29, 1.82) is 0 Å². The lowest BCUT2D eigenvalue weighted by Gasteiger charge is -2.07. The van der Waals surface area contributed by atoms with Crippen molar-refractivity contribution >= 4 is 56.2 Å². The Hall–Kier alpha value is -0.220. The minimum absolute atomic E-state index is 0.719. The smallest absolute Gasteiger partial charge is 0.0516 e. The summed E-state index contributed by atoms with van der Waals surface area (Å²) in [5.41, 5.74) is 1.02. The Morgan fingerprint density at radius 2 is 2.00 bits per heavy atom. The Bertz CT molecular complexity index is 498. The van der Waals surface area contributed by atoms with E-state index in [4.69, 9.17) is 23.2 Å². The molecule has 0 radical (unpaired) electrons. The molecule has 84 valence electrons. The van der Waals surface area contributed by atoms with Crippen molar-refractivity contribution in [3.8, 4) is 0 Å². The topological polar surface area (TPSA) is 12.0 Å². The summed E-state index contributed by atoms with van der Waals surface area (Å²) < 4.78 is 0.961. The quantitative estimate of drug-likeness (QED) is 0.788. The molecule has 0 aliphatic rings. The van der Waals surface area contributed by atoms with E-state index in [1.165, 1.54) is 4.88 Å². The third-order valence-electron chi connectivity index (χ3n) is 2.01. The van der Waals surface area contributed by atoms with Crippen LogP contribution in [0.2, 0.25) is 10.0 Å². The molecule has 1 aromatic carbocycles. The average molecular weight is 337 g/mol. The molecule has 2 rings (SSSR count). The van der Waals surface area contributed by atoms with Crippen molar-refractivity contribution in [3.05, 3.63) is 49.0 Å². The first-order valence-corrected chi connectivity index (χ1v) is 7.00. The Labute approximate surface area is 117 Å². The second-order valence-electron chi connectivity index (χ2n) is 3.21. The van der Waals surface area contributed by atoms with Gasteiger partial charge in [0.15, 0.2) is 0 Å². The molecule has 0 spiro atoms. The Balaban J connectivity index is 2.04. The van der Waals surface area contributed by atoms with Gasteiger partial charge in [-0.05, 0) is 40.2 Å². The summed E-state index contributed by atoms with van der Waals surface area (Å²) in [6.07, 6.45) is 0. The molecule has 5 heteroatoms. The second-order valence-corrected chi connectivity index (χ2v) is 5.93. The highest BCUT2D eigenvalue weighted by Gasteiger charge is 2.02. The lowest BCUT2D eigenvalue weighted by molar-refractivity contribution is 1.19. The van der Waals surface area contributed by atoms with Crippen LogP contribution in [-0.2, 0) is 6.54 Å². The average Bonchev–Trinajstić information content (AvgIpc) is 2.63. The maximum atomic E-state index is 5.86. The van der Waals surface area contributed by atoms with E-state index >= 15 is 0 Å². The third kappa shape index (κ3) is 3.14. The van der Waals surface area contributed by atoms with E-state index in [9.17, 15) is 0 Å². The zero-order chi connectivity index (χ0) is 11.5. The van der Waals surface area contributed by atoms with E-state index in [0.717, 1.165) is 26.8 Å². The predicted molar refractivity (Wildman–Crippen MR) is 75.8 cm³/mol. The van der Waals surface area contributed by atoms with Gasteiger partial charge in [0, 0.05) is 32.0 Å². The molecule has 0 fully saturated rings. The monoisotopic (exact) mass is 335 g/mol. The molecule has 1 aromatic heterocycles. The van der Waals surface area contributed by atoms with Crippen LogP contribution in [0.4, 0.5) is 5.69 Å². The summed E-state index contributed by atoms with van der Waals surface area (Å²) in [7, 11) is 0. The molecule has 0 saturated carbocycles. The first-order chi connectivity index (χ1) is 7.65. The molecular formula is C11H8BrCl2NS.